The van der Waals surface area contributed by atoms with Crippen molar-refractivity contribution in [3.63, 3.8) is 0 Å². The van der Waals surface area contributed by atoms with Crippen LogP contribution in [-0.4, -0.2) is 26.5 Å². The lowest BCUT2D eigenvalue weighted by atomic mass is 10.1. The first kappa shape index (κ1) is 15.1. The highest BCUT2D eigenvalue weighted by Gasteiger charge is 2.30. The summed E-state index contributed by atoms with van der Waals surface area (Å²) in [7, 11) is -3.66. The van der Waals surface area contributed by atoms with E-state index in [1.165, 1.54) is 6.42 Å². The topological polar surface area (TPSA) is 63.4 Å². The van der Waals surface area contributed by atoms with Crippen molar-refractivity contribution >= 4 is 15.7 Å². The average Bonchev–Trinajstić information content (AvgIpc) is 2.91. The fourth-order valence-corrected chi connectivity index (χ4v) is 4.07. The van der Waals surface area contributed by atoms with E-state index in [1.807, 2.05) is 11.8 Å². The molecule has 1 aromatic heterocycles. The molecule has 0 radical (unpaired) electrons. The van der Waals surface area contributed by atoms with Gasteiger partial charge in [0.1, 0.15) is 0 Å². The highest BCUT2D eigenvalue weighted by atomic mass is 32.2. The Morgan fingerprint density at radius 3 is 2.32 bits per heavy atom. The average molecular weight is 320 g/mol. The second-order valence-electron chi connectivity index (χ2n) is 5.71. The Labute approximate surface area is 130 Å². The number of piperidine rings is 1. The number of aryl methyl sites for hydroxylation is 2. The van der Waals surface area contributed by atoms with E-state index in [0.717, 1.165) is 31.5 Å². The predicted octanol–water partition coefficient (Wildman–Crippen LogP) is 3.11. The van der Waals surface area contributed by atoms with Crippen LogP contribution in [0, 0.1) is 13.8 Å². The number of benzene rings is 1. The smallest absolute Gasteiger partial charge is 0.236 e. The molecule has 118 valence electrons. The number of hydrogen-bond donors (Lipinski definition) is 0. The summed E-state index contributed by atoms with van der Waals surface area (Å²) in [5.74, 6) is 0.768. The van der Waals surface area contributed by atoms with Gasteiger partial charge in [-0.05, 0) is 38.3 Å². The number of oxazole rings is 1. The van der Waals surface area contributed by atoms with Crippen molar-refractivity contribution in [1.82, 2.24) is 4.98 Å². The van der Waals surface area contributed by atoms with Crippen molar-refractivity contribution in [3.05, 3.63) is 35.7 Å². The summed E-state index contributed by atoms with van der Waals surface area (Å²) < 4.78 is 31.4. The third-order valence-electron chi connectivity index (χ3n) is 3.92. The van der Waals surface area contributed by atoms with Gasteiger partial charge in [0, 0.05) is 20.0 Å². The van der Waals surface area contributed by atoms with Crippen molar-refractivity contribution in [3.8, 4) is 0 Å². The summed E-state index contributed by atoms with van der Waals surface area (Å²) in [6.45, 7) is 5.23. The van der Waals surface area contributed by atoms with E-state index < -0.39 is 9.84 Å². The first-order valence-electron chi connectivity index (χ1n) is 7.52. The molecular weight excluding hydrogens is 300 g/mol. The molecule has 2 heterocycles. The van der Waals surface area contributed by atoms with E-state index in [2.05, 4.69) is 4.98 Å². The first-order chi connectivity index (χ1) is 10.5. The maximum absolute atomic E-state index is 12.9. The Morgan fingerprint density at radius 2 is 1.68 bits per heavy atom. The Balaban J connectivity index is 2.05. The zero-order valence-corrected chi connectivity index (χ0v) is 13.7. The second-order valence-corrected chi connectivity index (χ2v) is 7.57. The maximum atomic E-state index is 12.9. The first-order valence-corrected chi connectivity index (χ1v) is 9.01. The summed E-state index contributed by atoms with van der Waals surface area (Å²) in [4.78, 5) is 6.40. The van der Waals surface area contributed by atoms with Gasteiger partial charge in [-0.15, -0.1) is 0 Å². The third-order valence-corrected chi connectivity index (χ3v) is 5.58. The van der Waals surface area contributed by atoms with Gasteiger partial charge in [0.15, 0.2) is 5.89 Å². The Bertz CT molecular complexity index is 757. The quantitative estimate of drug-likeness (QED) is 0.869. The lowest BCUT2D eigenvalue weighted by Gasteiger charge is -2.26. The normalized spacial score (nSPS) is 16.0. The van der Waals surface area contributed by atoms with Gasteiger partial charge in [-0.2, -0.15) is 4.98 Å². The molecule has 0 aliphatic carbocycles. The summed E-state index contributed by atoms with van der Waals surface area (Å²) in [6.07, 6.45) is 3.26. The minimum absolute atomic E-state index is 0.0377. The zero-order chi connectivity index (χ0) is 15.7. The van der Waals surface area contributed by atoms with Crippen LogP contribution >= 0.6 is 0 Å². The molecule has 1 aromatic carbocycles. The lowest BCUT2D eigenvalue weighted by Crippen LogP contribution is -2.30. The summed E-state index contributed by atoms with van der Waals surface area (Å²) in [6, 6.07) is 6.82. The molecule has 1 saturated heterocycles. The number of aromatic nitrogens is 1. The van der Waals surface area contributed by atoms with Gasteiger partial charge < -0.3 is 9.32 Å². The molecule has 1 fully saturated rings. The van der Waals surface area contributed by atoms with Crippen molar-refractivity contribution in [2.24, 2.45) is 0 Å². The molecule has 22 heavy (non-hydrogen) atoms. The van der Waals surface area contributed by atoms with Crippen LogP contribution in [0.1, 0.15) is 30.7 Å². The van der Waals surface area contributed by atoms with Crippen LogP contribution in [0.3, 0.4) is 0 Å². The van der Waals surface area contributed by atoms with Gasteiger partial charge in [0.2, 0.25) is 20.7 Å². The third kappa shape index (κ3) is 2.75. The van der Waals surface area contributed by atoms with Gasteiger partial charge in [0.25, 0.3) is 0 Å². The molecule has 0 amide bonds. The monoisotopic (exact) mass is 320 g/mol. The van der Waals surface area contributed by atoms with Crippen LogP contribution in [-0.2, 0) is 9.84 Å². The lowest BCUT2D eigenvalue weighted by molar-refractivity contribution is 0.476. The largest absolute Gasteiger partial charge is 0.424 e. The summed E-state index contributed by atoms with van der Waals surface area (Å²) in [5, 5.41) is 0.0377. The molecule has 0 spiro atoms. The Kier molecular flexibility index (Phi) is 3.95. The highest BCUT2D eigenvalue weighted by Crippen LogP contribution is 2.32. The van der Waals surface area contributed by atoms with Crippen LogP contribution in [0.25, 0.3) is 0 Å². The minimum atomic E-state index is -3.66. The molecular formula is C16H20N2O3S. The van der Waals surface area contributed by atoms with Crippen molar-refractivity contribution in [1.29, 1.82) is 0 Å². The van der Waals surface area contributed by atoms with E-state index >= 15 is 0 Å². The van der Waals surface area contributed by atoms with Gasteiger partial charge in [-0.1, -0.05) is 17.7 Å². The summed E-state index contributed by atoms with van der Waals surface area (Å²) in [5.41, 5.74) is 1.02. The van der Waals surface area contributed by atoms with Gasteiger partial charge >= 0.3 is 0 Å². The molecule has 5 nitrogen and oxygen atoms in total. The Morgan fingerprint density at radius 1 is 1.05 bits per heavy atom. The fourth-order valence-electron chi connectivity index (χ4n) is 2.70. The highest BCUT2D eigenvalue weighted by molar-refractivity contribution is 7.91. The molecule has 3 rings (SSSR count). The van der Waals surface area contributed by atoms with Gasteiger partial charge in [0.05, 0.1) is 4.90 Å². The molecule has 0 bridgehead atoms. The van der Waals surface area contributed by atoms with E-state index in [9.17, 15) is 8.42 Å². The van der Waals surface area contributed by atoms with Gasteiger partial charge in [-0.3, -0.25) is 0 Å². The molecule has 0 atom stereocenters. The fraction of sp³-hybridized carbons (Fsp3) is 0.438. The van der Waals surface area contributed by atoms with Crippen molar-refractivity contribution in [2.75, 3.05) is 18.0 Å². The molecule has 0 saturated carbocycles. The number of rotatable bonds is 3. The standard InChI is InChI=1S/C16H20N2O3S/c1-12-6-8-14(9-7-12)22(19,20)15-16(21-13(2)17-15)18-10-4-3-5-11-18/h6-9H,3-5,10-11H2,1-2H3. The molecule has 0 N–H and O–H groups in total. The van der Waals surface area contributed by atoms with Crippen LogP contribution < -0.4 is 4.90 Å². The summed E-state index contributed by atoms with van der Waals surface area (Å²) >= 11 is 0. The molecule has 0 unspecified atom stereocenters. The second kappa shape index (κ2) is 5.76. The molecule has 2 aromatic rings. The van der Waals surface area contributed by atoms with E-state index in [-0.39, 0.29) is 9.92 Å². The SMILES string of the molecule is Cc1ccc(S(=O)(=O)c2nc(C)oc2N2CCCCC2)cc1. The molecule has 1 aliphatic rings. The van der Waals surface area contributed by atoms with E-state index in [0.29, 0.717) is 11.8 Å². The Hall–Kier alpha value is -1.82. The number of hydrogen-bond acceptors (Lipinski definition) is 5. The van der Waals surface area contributed by atoms with Gasteiger partial charge in [-0.25, -0.2) is 8.42 Å². The number of nitrogens with zero attached hydrogens (tertiary/aromatic N) is 2. The van der Waals surface area contributed by atoms with Crippen LogP contribution in [0.4, 0.5) is 5.88 Å². The molecule has 6 heteroatoms. The van der Waals surface area contributed by atoms with Crippen molar-refractivity contribution < 1.29 is 12.8 Å². The zero-order valence-electron chi connectivity index (χ0n) is 12.9. The number of anilines is 1. The molecule has 1 aliphatic heterocycles. The van der Waals surface area contributed by atoms with Crippen molar-refractivity contribution in [2.45, 2.75) is 43.0 Å². The van der Waals surface area contributed by atoms with E-state index in [1.54, 1.807) is 31.2 Å². The predicted molar refractivity (Wildman–Crippen MR) is 83.9 cm³/mol. The maximum Gasteiger partial charge on any atom is 0.236 e. The minimum Gasteiger partial charge on any atom is -0.424 e. The van der Waals surface area contributed by atoms with Crippen LogP contribution in [0.2, 0.25) is 0 Å². The van der Waals surface area contributed by atoms with E-state index in [4.69, 9.17) is 4.42 Å². The van der Waals surface area contributed by atoms with Crippen LogP contribution in [0.15, 0.2) is 38.6 Å². The van der Waals surface area contributed by atoms with Crippen LogP contribution in [0.5, 0.6) is 0 Å². The number of sulfone groups is 1.